The normalized spacial score (nSPS) is 9.58. The summed E-state index contributed by atoms with van der Waals surface area (Å²) in [6, 6.07) is 3.35. The molecule has 0 aliphatic rings. The fraction of sp³-hybridized carbons (Fsp3) is 0.250. The molecule has 1 aromatic heterocycles. The summed E-state index contributed by atoms with van der Waals surface area (Å²) in [5.41, 5.74) is 1.23. The van der Waals surface area contributed by atoms with Crippen LogP contribution in [0.4, 0.5) is 5.69 Å². The van der Waals surface area contributed by atoms with Crippen LogP contribution in [0.2, 0.25) is 0 Å². The molecule has 4 heteroatoms. The molecule has 0 spiro atoms. The highest BCUT2D eigenvalue weighted by atomic mass is 16.5. The van der Waals surface area contributed by atoms with Gasteiger partial charge in [0.2, 0.25) is 5.91 Å². The van der Waals surface area contributed by atoms with Crippen molar-refractivity contribution in [2.75, 3.05) is 5.06 Å². The van der Waals surface area contributed by atoms with Gasteiger partial charge in [0.25, 0.3) is 0 Å². The maximum atomic E-state index is 10.7. The molecule has 0 aliphatic heterocycles. The maximum absolute atomic E-state index is 10.7. The Morgan fingerprint density at radius 2 is 2.25 bits per heavy atom. The minimum Gasteiger partial charge on any atom is -0.281 e. The first kappa shape index (κ1) is 8.67. The quantitative estimate of drug-likeness (QED) is 0.502. The van der Waals surface area contributed by atoms with Crippen molar-refractivity contribution >= 4 is 11.6 Å². The highest BCUT2D eigenvalue weighted by Gasteiger charge is 2.06. The van der Waals surface area contributed by atoms with Crippen molar-refractivity contribution in [3.63, 3.8) is 0 Å². The predicted octanol–water partition coefficient (Wildman–Crippen LogP) is 1.13. The van der Waals surface area contributed by atoms with Crippen molar-refractivity contribution in [1.29, 1.82) is 0 Å². The third-order valence-corrected chi connectivity index (χ3v) is 1.44. The third-order valence-electron chi connectivity index (χ3n) is 1.44. The SMILES string of the molecule is CC(=O)N(O)c1ccc(C)nc1. The van der Waals surface area contributed by atoms with Crippen molar-refractivity contribution in [3.05, 3.63) is 24.0 Å². The first-order valence-electron chi connectivity index (χ1n) is 3.53. The van der Waals surface area contributed by atoms with Gasteiger partial charge in [0.15, 0.2) is 0 Å². The molecule has 0 aliphatic carbocycles. The fourth-order valence-corrected chi connectivity index (χ4v) is 0.767. The van der Waals surface area contributed by atoms with Crippen LogP contribution in [0.1, 0.15) is 12.6 Å². The number of carbonyl (C=O) groups excluding carboxylic acids is 1. The molecule has 64 valence electrons. The lowest BCUT2D eigenvalue weighted by Gasteiger charge is -2.11. The van der Waals surface area contributed by atoms with E-state index in [9.17, 15) is 4.79 Å². The van der Waals surface area contributed by atoms with Crippen LogP contribution in [0, 0.1) is 6.92 Å². The molecule has 0 unspecified atom stereocenters. The number of amides is 1. The van der Waals surface area contributed by atoms with Gasteiger partial charge in [0, 0.05) is 12.6 Å². The Morgan fingerprint density at radius 3 is 2.67 bits per heavy atom. The van der Waals surface area contributed by atoms with Crippen molar-refractivity contribution in [1.82, 2.24) is 4.98 Å². The molecular formula is C8H10N2O2. The number of carbonyl (C=O) groups is 1. The maximum Gasteiger partial charge on any atom is 0.247 e. The summed E-state index contributed by atoms with van der Waals surface area (Å²) in [6.07, 6.45) is 1.44. The zero-order chi connectivity index (χ0) is 9.14. The summed E-state index contributed by atoms with van der Waals surface area (Å²) in [5.74, 6) is -0.430. The van der Waals surface area contributed by atoms with Crippen molar-refractivity contribution in [2.24, 2.45) is 0 Å². The number of hydrogen-bond donors (Lipinski definition) is 1. The zero-order valence-corrected chi connectivity index (χ0v) is 6.98. The molecule has 0 fully saturated rings. The molecule has 0 saturated heterocycles. The van der Waals surface area contributed by atoms with Gasteiger partial charge in [0.1, 0.15) is 0 Å². The molecule has 0 radical (unpaired) electrons. The van der Waals surface area contributed by atoms with Gasteiger partial charge in [0.05, 0.1) is 11.9 Å². The summed E-state index contributed by atoms with van der Waals surface area (Å²) in [4.78, 5) is 14.6. The Labute approximate surface area is 70.4 Å². The standard InChI is InChI=1S/C8H10N2O2/c1-6-3-4-8(5-9-6)10(12)7(2)11/h3-5,12H,1-2H3. The number of aryl methyl sites for hydroxylation is 1. The van der Waals surface area contributed by atoms with Crippen molar-refractivity contribution in [3.8, 4) is 0 Å². The molecule has 0 saturated carbocycles. The second-order valence-electron chi connectivity index (χ2n) is 2.49. The third kappa shape index (κ3) is 1.79. The van der Waals surface area contributed by atoms with E-state index in [1.54, 1.807) is 12.1 Å². The summed E-state index contributed by atoms with van der Waals surface area (Å²) >= 11 is 0. The van der Waals surface area contributed by atoms with Crippen LogP contribution in [-0.4, -0.2) is 16.1 Å². The molecule has 0 aromatic carbocycles. The van der Waals surface area contributed by atoms with Gasteiger partial charge in [-0.05, 0) is 19.1 Å². The summed E-state index contributed by atoms with van der Waals surface area (Å²) in [7, 11) is 0. The lowest BCUT2D eigenvalue weighted by Crippen LogP contribution is -2.23. The second kappa shape index (κ2) is 3.32. The van der Waals surface area contributed by atoms with E-state index in [-0.39, 0.29) is 0 Å². The van der Waals surface area contributed by atoms with Gasteiger partial charge in [-0.25, -0.2) is 0 Å². The van der Waals surface area contributed by atoms with Crippen LogP contribution in [0.15, 0.2) is 18.3 Å². The Morgan fingerprint density at radius 1 is 1.58 bits per heavy atom. The lowest BCUT2D eigenvalue weighted by atomic mass is 10.3. The Hall–Kier alpha value is -1.42. The van der Waals surface area contributed by atoms with Crippen LogP contribution in [-0.2, 0) is 4.79 Å². The monoisotopic (exact) mass is 166 g/mol. The van der Waals surface area contributed by atoms with Crippen molar-refractivity contribution < 1.29 is 10.0 Å². The molecular weight excluding hydrogens is 156 g/mol. The lowest BCUT2D eigenvalue weighted by molar-refractivity contribution is -0.121. The van der Waals surface area contributed by atoms with E-state index < -0.39 is 5.91 Å². The summed E-state index contributed by atoms with van der Waals surface area (Å²) in [6.45, 7) is 3.11. The number of anilines is 1. The molecule has 4 nitrogen and oxygen atoms in total. The molecule has 1 amide bonds. The van der Waals surface area contributed by atoms with Crippen LogP contribution in [0.3, 0.4) is 0 Å². The van der Waals surface area contributed by atoms with Gasteiger partial charge < -0.3 is 0 Å². The van der Waals surface area contributed by atoms with Gasteiger partial charge in [-0.1, -0.05) is 0 Å². The number of pyridine rings is 1. The molecule has 0 atom stereocenters. The Balaban J connectivity index is 2.89. The van der Waals surface area contributed by atoms with E-state index in [0.29, 0.717) is 10.8 Å². The van der Waals surface area contributed by atoms with Gasteiger partial charge in [-0.15, -0.1) is 0 Å². The van der Waals surface area contributed by atoms with E-state index in [1.807, 2.05) is 6.92 Å². The number of rotatable bonds is 1. The fourth-order valence-electron chi connectivity index (χ4n) is 0.767. The van der Waals surface area contributed by atoms with Gasteiger partial charge in [-0.3, -0.25) is 15.0 Å². The smallest absolute Gasteiger partial charge is 0.247 e. The van der Waals surface area contributed by atoms with Gasteiger partial charge >= 0.3 is 0 Å². The van der Waals surface area contributed by atoms with Crippen LogP contribution < -0.4 is 5.06 Å². The first-order chi connectivity index (χ1) is 5.61. The average molecular weight is 166 g/mol. The Kier molecular flexibility index (Phi) is 2.40. The molecule has 1 heterocycles. The number of aromatic nitrogens is 1. The van der Waals surface area contributed by atoms with E-state index in [4.69, 9.17) is 5.21 Å². The van der Waals surface area contributed by atoms with E-state index >= 15 is 0 Å². The van der Waals surface area contributed by atoms with E-state index in [0.717, 1.165) is 5.69 Å². The van der Waals surface area contributed by atoms with E-state index in [1.165, 1.54) is 13.1 Å². The molecule has 1 rings (SSSR count). The zero-order valence-electron chi connectivity index (χ0n) is 6.98. The number of nitrogens with zero attached hydrogens (tertiary/aromatic N) is 2. The Bertz CT molecular complexity index is 282. The molecule has 0 bridgehead atoms. The highest BCUT2D eigenvalue weighted by molar-refractivity contribution is 5.88. The summed E-state index contributed by atoms with van der Waals surface area (Å²) < 4.78 is 0. The predicted molar refractivity (Wildman–Crippen MR) is 43.9 cm³/mol. The summed E-state index contributed by atoms with van der Waals surface area (Å²) in [5, 5.41) is 9.69. The average Bonchev–Trinajstić information content (AvgIpc) is 2.04. The van der Waals surface area contributed by atoms with Crippen LogP contribution in [0.25, 0.3) is 0 Å². The molecule has 12 heavy (non-hydrogen) atoms. The molecule has 1 N–H and O–H groups in total. The number of hydrogen-bond acceptors (Lipinski definition) is 3. The van der Waals surface area contributed by atoms with Gasteiger partial charge in [-0.2, -0.15) is 5.06 Å². The minimum absolute atomic E-state index is 0.383. The number of hydroxylamine groups is 1. The topological polar surface area (TPSA) is 53.4 Å². The van der Waals surface area contributed by atoms with E-state index in [2.05, 4.69) is 4.98 Å². The first-order valence-corrected chi connectivity index (χ1v) is 3.53. The van der Waals surface area contributed by atoms with Crippen LogP contribution >= 0.6 is 0 Å². The minimum atomic E-state index is -0.430. The van der Waals surface area contributed by atoms with Crippen molar-refractivity contribution in [2.45, 2.75) is 13.8 Å². The largest absolute Gasteiger partial charge is 0.281 e. The molecule has 1 aromatic rings. The van der Waals surface area contributed by atoms with Crippen LogP contribution in [0.5, 0.6) is 0 Å². The second-order valence-corrected chi connectivity index (χ2v) is 2.49. The highest BCUT2D eigenvalue weighted by Crippen LogP contribution is 2.10.